The third kappa shape index (κ3) is 3.58. The van der Waals surface area contributed by atoms with E-state index in [-0.39, 0.29) is 5.92 Å². The highest BCUT2D eigenvalue weighted by Crippen LogP contribution is 2.30. The van der Waals surface area contributed by atoms with E-state index in [4.69, 9.17) is 5.73 Å². The van der Waals surface area contributed by atoms with Crippen molar-refractivity contribution in [2.75, 3.05) is 6.54 Å². The van der Waals surface area contributed by atoms with E-state index in [1.54, 1.807) is 17.5 Å². The van der Waals surface area contributed by atoms with Crippen LogP contribution in [-0.4, -0.2) is 11.5 Å². The maximum Gasteiger partial charge on any atom is 0.416 e. The second-order valence-corrected chi connectivity index (χ2v) is 5.81. The third-order valence-corrected chi connectivity index (χ3v) is 4.28. The highest BCUT2D eigenvalue weighted by atomic mass is 32.1. The molecule has 0 saturated carbocycles. The van der Waals surface area contributed by atoms with E-state index in [0.717, 1.165) is 27.6 Å². The van der Waals surface area contributed by atoms with E-state index in [9.17, 15) is 13.2 Å². The van der Waals surface area contributed by atoms with Gasteiger partial charge in [-0.3, -0.25) is 0 Å². The van der Waals surface area contributed by atoms with Crippen LogP contribution in [0.5, 0.6) is 0 Å². The minimum Gasteiger partial charge on any atom is -0.330 e. The fraction of sp³-hybridized carbons (Fsp3) is 0.357. The van der Waals surface area contributed by atoms with Gasteiger partial charge < -0.3 is 5.73 Å². The average molecular weight is 300 g/mol. The van der Waals surface area contributed by atoms with Gasteiger partial charge in [0.1, 0.15) is 0 Å². The quantitative estimate of drug-likeness (QED) is 0.932. The molecule has 20 heavy (non-hydrogen) atoms. The summed E-state index contributed by atoms with van der Waals surface area (Å²) in [5.41, 5.74) is 5.79. The van der Waals surface area contributed by atoms with Crippen LogP contribution in [0.25, 0.3) is 0 Å². The molecule has 108 valence electrons. The Bertz CT molecular complexity index is 561. The lowest BCUT2D eigenvalue weighted by Gasteiger charge is -2.06. The summed E-state index contributed by atoms with van der Waals surface area (Å²) in [6, 6.07) is 5.20. The van der Waals surface area contributed by atoms with E-state index >= 15 is 0 Å². The summed E-state index contributed by atoms with van der Waals surface area (Å²) in [5.74, 6) is 0.258. The maximum absolute atomic E-state index is 12.5. The molecule has 0 amide bonds. The van der Waals surface area contributed by atoms with Crippen molar-refractivity contribution < 1.29 is 13.2 Å². The number of nitrogens with zero attached hydrogens (tertiary/aromatic N) is 1. The Morgan fingerprint density at radius 1 is 1.25 bits per heavy atom. The molecule has 0 fully saturated rings. The Kier molecular flexibility index (Phi) is 4.45. The van der Waals surface area contributed by atoms with Crippen LogP contribution in [0.15, 0.2) is 30.5 Å². The Hall–Kier alpha value is -1.40. The number of halogens is 3. The molecule has 0 radical (unpaired) electrons. The number of thiazole rings is 1. The Labute approximate surface area is 119 Å². The molecule has 0 spiro atoms. The zero-order chi connectivity index (χ0) is 14.8. The minimum absolute atomic E-state index is 0.258. The van der Waals surface area contributed by atoms with Crippen molar-refractivity contribution >= 4 is 11.3 Å². The fourth-order valence-corrected chi connectivity index (χ4v) is 2.76. The highest BCUT2D eigenvalue weighted by Gasteiger charge is 2.29. The lowest BCUT2D eigenvalue weighted by Crippen LogP contribution is -2.07. The van der Waals surface area contributed by atoms with Gasteiger partial charge in [0.05, 0.1) is 10.6 Å². The first-order valence-corrected chi connectivity index (χ1v) is 7.02. The van der Waals surface area contributed by atoms with E-state index in [1.165, 1.54) is 12.1 Å². The molecule has 2 N–H and O–H groups in total. The minimum atomic E-state index is -4.29. The predicted molar refractivity (Wildman–Crippen MR) is 73.8 cm³/mol. The van der Waals surface area contributed by atoms with Gasteiger partial charge in [-0.1, -0.05) is 19.1 Å². The number of alkyl halides is 3. The van der Waals surface area contributed by atoms with Gasteiger partial charge in [-0.2, -0.15) is 13.2 Å². The molecule has 2 nitrogen and oxygen atoms in total. The molecular weight excluding hydrogens is 285 g/mol. The molecule has 1 heterocycles. The van der Waals surface area contributed by atoms with E-state index in [1.807, 2.05) is 6.92 Å². The molecule has 0 aliphatic heterocycles. The summed E-state index contributed by atoms with van der Waals surface area (Å²) in [4.78, 5) is 5.40. The van der Waals surface area contributed by atoms with Crippen LogP contribution in [0.4, 0.5) is 13.2 Å². The Morgan fingerprint density at radius 3 is 2.45 bits per heavy atom. The monoisotopic (exact) mass is 300 g/mol. The first-order chi connectivity index (χ1) is 9.40. The van der Waals surface area contributed by atoms with Crippen LogP contribution in [-0.2, 0) is 12.6 Å². The van der Waals surface area contributed by atoms with Gasteiger partial charge in [0.2, 0.25) is 0 Å². The normalized spacial score (nSPS) is 13.4. The summed E-state index contributed by atoms with van der Waals surface area (Å²) >= 11 is 1.56. The van der Waals surface area contributed by atoms with Crippen molar-refractivity contribution in [2.24, 2.45) is 5.73 Å². The standard InChI is InChI=1S/C14H15F3N2S/c1-9(7-18)12-8-19-13(20-12)6-10-2-4-11(5-3-10)14(15,16)17/h2-5,8-9H,6-7,18H2,1H3. The SMILES string of the molecule is CC(CN)c1cnc(Cc2ccc(C(F)(F)F)cc2)s1. The molecule has 2 aromatic rings. The molecule has 0 bridgehead atoms. The summed E-state index contributed by atoms with van der Waals surface area (Å²) in [6.45, 7) is 2.58. The first-order valence-electron chi connectivity index (χ1n) is 6.21. The summed E-state index contributed by atoms with van der Waals surface area (Å²) in [5, 5.41) is 0.889. The van der Waals surface area contributed by atoms with E-state index < -0.39 is 11.7 Å². The van der Waals surface area contributed by atoms with Crippen LogP contribution in [0, 0.1) is 0 Å². The van der Waals surface area contributed by atoms with Gasteiger partial charge in [0.25, 0.3) is 0 Å². The number of hydrogen-bond donors (Lipinski definition) is 1. The molecule has 0 saturated heterocycles. The molecule has 0 aliphatic rings. The van der Waals surface area contributed by atoms with Crippen LogP contribution in [0.2, 0.25) is 0 Å². The second-order valence-electron chi connectivity index (χ2n) is 4.66. The van der Waals surface area contributed by atoms with Gasteiger partial charge in [-0.25, -0.2) is 4.98 Å². The number of nitrogens with two attached hydrogens (primary N) is 1. The summed E-state index contributed by atoms with van der Waals surface area (Å²) in [6.07, 6.45) is -1.95. The van der Waals surface area contributed by atoms with E-state index in [0.29, 0.717) is 13.0 Å². The smallest absolute Gasteiger partial charge is 0.330 e. The number of aromatic nitrogens is 1. The molecular formula is C14H15F3N2S. The lowest BCUT2D eigenvalue weighted by molar-refractivity contribution is -0.137. The van der Waals surface area contributed by atoms with Gasteiger partial charge in [0.15, 0.2) is 0 Å². The molecule has 1 unspecified atom stereocenters. The van der Waals surface area contributed by atoms with Crippen molar-refractivity contribution in [1.29, 1.82) is 0 Å². The maximum atomic E-state index is 12.5. The molecule has 1 aromatic carbocycles. The fourth-order valence-electron chi connectivity index (χ4n) is 1.74. The van der Waals surface area contributed by atoms with Crippen molar-refractivity contribution in [3.63, 3.8) is 0 Å². The summed E-state index contributed by atoms with van der Waals surface area (Å²) in [7, 11) is 0. The molecule has 0 aliphatic carbocycles. The van der Waals surface area contributed by atoms with Crippen molar-refractivity contribution in [3.05, 3.63) is 51.5 Å². The Morgan fingerprint density at radius 2 is 1.90 bits per heavy atom. The predicted octanol–water partition coefficient (Wildman–Crippen LogP) is 3.81. The number of hydrogen-bond acceptors (Lipinski definition) is 3. The van der Waals surface area contributed by atoms with Crippen LogP contribution in [0.1, 0.15) is 33.9 Å². The average Bonchev–Trinajstić information content (AvgIpc) is 2.86. The third-order valence-electron chi connectivity index (χ3n) is 3.05. The van der Waals surface area contributed by atoms with E-state index in [2.05, 4.69) is 4.98 Å². The van der Waals surface area contributed by atoms with Gasteiger partial charge in [-0.05, 0) is 24.2 Å². The molecule has 1 aromatic heterocycles. The van der Waals surface area contributed by atoms with Crippen LogP contribution in [0.3, 0.4) is 0 Å². The molecule has 6 heteroatoms. The van der Waals surface area contributed by atoms with Crippen LogP contribution < -0.4 is 5.73 Å². The number of rotatable bonds is 4. The zero-order valence-electron chi connectivity index (χ0n) is 10.9. The molecule has 1 atom stereocenters. The first kappa shape index (κ1) is 15.0. The van der Waals surface area contributed by atoms with Crippen LogP contribution >= 0.6 is 11.3 Å². The molecule has 2 rings (SSSR count). The highest BCUT2D eigenvalue weighted by molar-refractivity contribution is 7.11. The number of benzene rings is 1. The Balaban J connectivity index is 2.08. The summed E-state index contributed by atoms with van der Waals surface area (Å²) < 4.78 is 37.4. The van der Waals surface area contributed by atoms with Crippen molar-refractivity contribution in [2.45, 2.75) is 25.4 Å². The van der Waals surface area contributed by atoms with Crippen molar-refractivity contribution in [3.8, 4) is 0 Å². The largest absolute Gasteiger partial charge is 0.416 e. The zero-order valence-corrected chi connectivity index (χ0v) is 11.8. The van der Waals surface area contributed by atoms with Gasteiger partial charge in [0, 0.05) is 23.4 Å². The second kappa shape index (κ2) is 5.93. The topological polar surface area (TPSA) is 38.9 Å². The van der Waals surface area contributed by atoms with Crippen molar-refractivity contribution in [1.82, 2.24) is 4.98 Å². The van der Waals surface area contributed by atoms with Gasteiger partial charge in [-0.15, -0.1) is 11.3 Å². The lowest BCUT2D eigenvalue weighted by atomic mass is 10.1. The van der Waals surface area contributed by atoms with Gasteiger partial charge >= 0.3 is 6.18 Å².